The van der Waals surface area contributed by atoms with Crippen LogP contribution in [0, 0.1) is 5.92 Å². The van der Waals surface area contributed by atoms with E-state index in [9.17, 15) is 4.79 Å². The lowest BCUT2D eigenvalue weighted by molar-refractivity contribution is 0.259. The highest BCUT2D eigenvalue weighted by atomic mass is 35.5. The Balaban J connectivity index is 0.000000336. The third kappa shape index (κ3) is 6.43. The molecule has 0 aliphatic heterocycles. The zero-order valence-corrected chi connectivity index (χ0v) is 19.9. The SMILES string of the molecule is Clc1ccccc1.NCC1CCC(n2nc(-c3cnn(Cc4ccccc4)c3)ccc2=O)CC1. The molecule has 0 saturated heterocycles. The van der Waals surface area contributed by atoms with Crippen molar-refractivity contribution in [1.29, 1.82) is 0 Å². The summed E-state index contributed by atoms with van der Waals surface area (Å²) in [5, 5.41) is 9.90. The topological polar surface area (TPSA) is 78.7 Å². The van der Waals surface area contributed by atoms with Gasteiger partial charge in [0.05, 0.1) is 24.5 Å². The molecule has 176 valence electrons. The van der Waals surface area contributed by atoms with E-state index in [0.717, 1.165) is 48.5 Å². The van der Waals surface area contributed by atoms with Crippen LogP contribution in [0.1, 0.15) is 37.3 Å². The number of nitrogens with two attached hydrogens (primary N) is 1. The van der Waals surface area contributed by atoms with Crippen LogP contribution in [0.5, 0.6) is 0 Å². The van der Waals surface area contributed by atoms with E-state index in [1.807, 2.05) is 65.6 Å². The third-order valence-electron chi connectivity index (χ3n) is 6.17. The van der Waals surface area contributed by atoms with Gasteiger partial charge >= 0.3 is 0 Å². The van der Waals surface area contributed by atoms with E-state index in [-0.39, 0.29) is 11.6 Å². The lowest BCUT2D eigenvalue weighted by Crippen LogP contribution is -2.31. The summed E-state index contributed by atoms with van der Waals surface area (Å²) in [4.78, 5) is 12.4. The Morgan fingerprint density at radius 2 is 1.59 bits per heavy atom. The molecule has 0 spiro atoms. The second kappa shape index (κ2) is 11.8. The number of hydrogen-bond donors (Lipinski definition) is 1. The number of hydrogen-bond acceptors (Lipinski definition) is 4. The first kappa shape index (κ1) is 23.9. The Morgan fingerprint density at radius 1 is 0.912 bits per heavy atom. The van der Waals surface area contributed by atoms with Crippen LogP contribution in [0.4, 0.5) is 0 Å². The van der Waals surface area contributed by atoms with Gasteiger partial charge in [-0.2, -0.15) is 10.2 Å². The Morgan fingerprint density at radius 3 is 2.21 bits per heavy atom. The van der Waals surface area contributed by atoms with E-state index in [2.05, 4.69) is 22.3 Å². The van der Waals surface area contributed by atoms with Crippen LogP contribution in [0.25, 0.3) is 11.3 Å². The van der Waals surface area contributed by atoms with Gasteiger partial charge in [-0.25, -0.2) is 4.68 Å². The molecule has 1 aliphatic rings. The molecule has 0 bridgehead atoms. The standard InChI is InChI=1S/C21H25N5O.C6H5Cl/c22-12-16-6-8-19(9-7-16)26-21(27)11-10-20(24-26)18-13-23-25(15-18)14-17-4-2-1-3-5-17;7-6-4-2-1-3-5-6/h1-5,10-11,13,15-16,19H,6-9,12,14,22H2;1-5H. The molecular formula is C27H30ClN5O. The second-order valence-electron chi connectivity index (χ2n) is 8.62. The Kier molecular flexibility index (Phi) is 8.28. The van der Waals surface area contributed by atoms with Crippen LogP contribution < -0.4 is 11.3 Å². The van der Waals surface area contributed by atoms with Crippen LogP contribution in [0.2, 0.25) is 5.02 Å². The van der Waals surface area contributed by atoms with Gasteiger partial charge in [-0.05, 0) is 61.9 Å². The van der Waals surface area contributed by atoms with Gasteiger partial charge in [-0.3, -0.25) is 9.48 Å². The number of benzene rings is 2. The van der Waals surface area contributed by atoms with E-state index in [1.54, 1.807) is 16.8 Å². The number of aromatic nitrogens is 4. The van der Waals surface area contributed by atoms with Crippen LogP contribution in [-0.4, -0.2) is 26.1 Å². The Labute approximate surface area is 205 Å². The Bertz CT molecular complexity index is 1210. The maximum absolute atomic E-state index is 12.4. The van der Waals surface area contributed by atoms with Gasteiger partial charge in [0, 0.05) is 22.8 Å². The monoisotopic (exact) mass is 475 g/mol. The zero-order chi connectivity index (χ0) is 23.8. The van der Waals surface area contributed by atoms with Crippen molar-refractivity contribution in [2.75, 3.05) is 6.54 Å². The molecule has 2 N–H and O–H groups in total. The minimum atomic E-state index is -0.0355. The normalized spacial score (nSPS) is 17.6. The summed E-state index contributed by atoms with van der Waals surface area (Å²) in [5.74, 6) is 0.580. The van der Waals surface area contributed by atoms with E-state index in [4.69, 9.17) is 17.3 Å². The fourth-order valence-corrected chi connectivity index (χ4v) is 4.38. The van der Waals surface area contributed by atoms with Crippen LogP contribution in [0.15, 0.2) is 90.0 Å². The minimum absolute atomic E-state index is 0.0355. The van der Waals surface area contributed by atoms with Crippen molar-refractivity contribution in [3.63, 3.8) is 0 Å². The van der Waals surface area contributed by atoms with Crippen LogP contribution >= 0.6 is 11.6 Å². The second-order valence-corrected chi connectivity index (χ2v) is 9.06. The summed E-state index contributed by atoms with van der Waals surface area (Å²) in [6.07, 6.45) is 7.85. The summed E-state index contributed by atoms with van der Waals surface area (Å²) < 4.78 is 3.56. The predicted molar refractivity (Wildman–Crippen MR) is 137 cm³/mol. The maximum Gasteiger partial charge on any atom is 0.267 e. The lowest BCUT2D eigenvalue weighted by atomic mass is 9.86. The summed E-state index contributed by atoms with van der Waals surface area (Å²) in [7, 11) is 0. The van der Waals surface area contributed by atoms with Crippen LogP contribution in [-0.2, 0) is 6.54 Å². The van der Waals surface area contributed by atoms with E-state index in [1.165, 1.54) is 5.56 Å². The molecule has 0 unspecified atom stereocenters. The molecule has 2 heterocycles. The summed E-state index contributed by atoms with van der Waals surface area (Å²) in [6.45, 7) is 1.44. The fraction of sp³-hybridized carbons (Fsp3) is 0.296. The Hall–Kier alpha value is -3.22. The predicted octanol–water partition coefficient (Wildman–Crippen LogP) is 5.19. The number of halogens is 1. The molecule has 0 atom stereocenters. The molecular weight excluding hydrogens is 446 g/mol. The van der Waals surface area contributed by atoms with Crippen LogP contribution in [0.3, 0.4) is 0 Å². The van der Waals surface area contributed by atoms with Gasteiger partial charge in [0.15, 0.2) is 0 Å². The summed E-state index contributed by atoms with van der Waals surface area (Å²) >= 11 is 5.54. The van der Waals surface area contributed by atoms with Gasteiger partial charge in [0.1, 0.15) is 0 Å². The summed E-state index contributed by atoms with van der Waals surface area (Å²) in [5.41, 5.74) is 8.66. The van der Waals surface area contributed by atoms with E-state index in [0.29, 0.717) is 12.5 Å². The van der Waals surface area contributed by atoms with Gasteiger partial charge in [0.25, 0.3) is 5.56 Å². The van der Waals surface area contributed by atoms with E-state index >= 15 is 0 Å². The van der Waals surface area contributed by atoms with Crippen molar-refractivity contribution in [1.82, 2.24) is 19.6 Å². The van der Waals surface area contributed by atoms with Crippen molar-refractivity contribution < 1.29 is 0 Å². The fourth-order valence-electron chi connectivity index (χ4n) is 4.23. The number of nitrogens with zero attached hydrogens (tertiary/aromatic N) is 4. The van der Waals surface area contributed by atoms with Gasteiger partial charge in [0.2, 0.25) is 0 Å². The van der Waals surface area contributed by atoms with Crippen molar-refractivity contribution >= 4 is 11.6 Å². The molecule has 2 aromatic heterocycles. The van der Waals surface area contributed by atoms with E-state index < -0.39 is 0 Å². The zero-order valence-electron chi connectivity index (χ0n) is 19.1. The van der Waals surface area contributed by atoms with Crippen molar-refractivity contribution in [2.45, 2.75) is 38.3 Å². The van der Waals surface area contributed by atoms with Crippen molar-refractivity contribution in [3.8, 4) is 11.3 Å². The van der Waals surface area contributed by atoms with Gasteiger partial charge < -0.3 is 5.73 Å². The molecule has 1 saturated carbocycles. The highest BCUT2D eigenvalue weighted by Crippen LogP contribution is 2.30. The van der Waals surface area contributed by atoms with Gasteiger partial charge in [-0.1, -0.05) is 60.1 Å². The molecule has 1 fully saturated rings. The molecule has 2 aromatic carbocycles. The molecule has 0 amide bonds. The average molecular weight is 476 g/mol. The molecule has 34 heavy (non-hydrogen) atoms. The van der Waals surface area contributed by atoms with Gasteiger partial charge in [-0.15, -0.1) is 0 Å². The maximum atomic E-state index is 12.4. The quantitative estimate of drug-likeness (QED) is 0.431. The lowest BCUT2D eigenvalue weighted by Gasteiger charge is -2.28. The molecule has 5 rings (SSSR count). The first-order valence-corrected chi connectivity index (χ1v) is 12.1. The van der Waals surface area contributed by atoms with Crippen molar-refractivity contribution in [2.24, 2.45) is 11.7 Å². The van der Waals surface area contributed by atoms with Crippen molar-refractivity contribution in [3.05, 3.63) is 106 Å². The third-order valence-corrected chi connectivity index (χ3v) is 6.42. The minimum Gasteiger partial charge on any atom is -0.330 e. The molecule has 0 radical (unpaired) electrons. The number of rotatable bonds is 5. The molecule has 4 aromatic rings. The molecule has 6 nitrogen and oxygen atoms in total. The first-order chi connectivity index (χ1) is 16.6. The highest BCUT2D eigenvalue weighted by molar-refractivity contribution is 6.30. The first-order valence-electron chi connectivity index (χ1n) is 11.7. The summed E-state index contributed by atoms with van der Waals surface area (Å²) in [6, 6.07) is 23.2. The largest absolute Gasteiger partial charge is 0.330 e. The highest BCUT2D eigenvalue weighted by Gasteiger charge is 2.23. The molecule has 1 aliphatic carbocycles. The average Bonchev–Trinajstić information content (AvgIpc) is 3.34. The molecule has 7 heteroatoms. The smallest absolute Gasteiger partial charge is 0.267 e.